The van der Waals surface area contributed by atoms with E-state index in [0.717, 1.165) is 5.56 Å². The fraction of sp³-hybridized carbons (Fsp3) is 0.368. The van der Waals surface area contributed by atoms with Gasteiger partial charge < -0.3 is 20.5 Å². The molecule has 3 heterocycles. The van der Waals surface area contributed by atoms with E-state index in [-0.39, 0.29) is 23.9 Å². The lowest BCUT2D eigenvalue weighted by Crippen LogP contribution is -2.50. The van der Waals surface area contributed by atoms with Crippen molar-refractivity contribution in [2.75, 3.05) is 18.6 Å². The molecular weight excluding hydrogens is 378 g/mol. The Morgan fingerprint density at radius 2 is 2.25 bits per heavy atom. The van der Waals surface area contributed by atoms with Gasteiger partial charge in [0.15, 0.2) is 5.69 Å². The smallest absolute Gasteiger partial charge is 0.269 e. The van der Waals surface area contributed by atoms with Gasteiger partial charge in [0.1, 0.15) is 0 Å². The number of carbonyl (C=O) groups is 1. The van der Waals surface area contributed by atoms with E-state index >= 15 is 0 Å². The van der Waals surface area contributed by atoms with Crippen LogP contribution in [0.1, 0.15) is 34.9 Å². The Bertz CT molecular complexity index is 974. The van der Waals surface area contributed by atoms with Gasteiger partial charge in [0.25, 0.3) is 5.91 Å². The lowest BCUT2D eigenvalue weighted by molar-refractivity contribution is 0.0641. The largest absolute Gasteiger partial charge is 0.393 e. The van der Waals surface area contributed by atoms with Crippen LogP contribution >= 0.6 is 11.3 Å². The highest BCUT2D eigenvalue weighted by molar-refractivity contribution is 7.17. The molecule has 3 aromatic heterocycles. The first kappa shape index (κ1) is 18.7. The van der Waals surface area contributed by atoms with Crippen LogP contribution in [0.2, 0.25) is 0 Å². The maximum absolute atomic E-state index is 12.0. The second kappa shape index (κ2) is 7.78. The molecule has 1 saturated carbocycles. The summed E-state index contributed by atoms with van der Waals surface area (Å²) in [6, 6.07) is 5.49. The van der Waals surface area contributed by atoms with Crippen LogP contribution in [0.25, 0.3) is 10.2 Å². The fourth-order valence-electron chi connectivity index (χ4n) is 3.55. The van der Waals surface area contributed by atoms with Crippen molar-refractivity contribution in [3.8, 4) is 0 Å². The maximum Gasteiger partial charge on any atom is 0.269 e. The summed E-state index contributed by atoms with van der Waals surface area (Å²) in [7, 11) is 1.63. The normalized spacial score (nSPS) is 19.9. The number of aliphatic hydroxyl groups is 1. The summed E-state index contributed by atoms with van der Waals surface area (Å²) in [5, 5.41) is 11.8. The third-order valence-electron chi connectivity index (χ3n) is 4.97. The molecule has 0 saturated heterocycles. The number of amides is 1. The molecule has 3 aromatic rings. The molecule has 1 aliphatic carbocycles. The SMILES string of the molecule is COCC(c1cccnc1)N(c1nc(C(N)=O)c2sccc2n1)C1CC(O)C1. The summed E-state index contributed by atoms with van der Waals surface area (Å²) in [6.07, 6.45) is 4.33. The van der Waals surface area contributed by atoms with Crippen LogP contribution < -0.4 is 10.6 Å². The predicted octanol–water partition coefficient (Wildman–Crippen LogP) is 1.90. The van der Waals surface area contributed by atoms with Crippen LogP contribution in [0, 0.1) is 0 Å². The van der Waals surface area contributed by atoms with Gasteiger partial charge in [-0.25, -0.2) is 9.97 Å². The van der Waals surface area contributed by atoms with Gasteiger partial charge in [0.2, 0.25) is 5.95 Å². The van der Waals surface area contributed by atoms with Gasteiger partial charge in [-0.1, -0.05) is 6.07 Å². The third-order valence-corrected chi connectivity index (χ3v) is 5.88. The quantitative estimate of drug-likeness (QED) is 0.623. The molecule has 28 heavy (non-hydrogen) atoms. The first-order chi connectivity index (χ1) is 13.6. The predicted molar refractivity (Wildman–Crippen MR) is 106 cm³/mol. The molecule has 4 rings (SSSR count). The standard InChI is InChI=1S/C19H21N5O3S/c1-27-10-15(11-3-2-5-21-9-11)24(12-7-13(25)8-12)19-22-14-4-6-28-17(14)16(23-19)18(20)26/h2-6,9,12-13,15,25H,7-8,10H2,1H3,(H2,20,26). The topological polar surface area (TPSA) is 114 Å². The number of hydrogen-bond acceptors (Lipinski definition) is 8. The van der Waals surface area contributed by atoms with Crippen molar-refractivity contribution in [1.29, 1.82) is 0 Å². The lowest BCUT2D eigenvalue weighted by atomic mass is 9.86. The molecule has 8 nitrogen and oxygen atoms in total. The number of ether oxygens (including phenoxy) is 1. The van der Waals surface area contributed by atoms with E-state index in [0.29, 0.717) is 35.6 Å². The summed E-state index contributed by atoms with van der Waals surface area (Å²) >= 11 is 1.39. The van der Waals surface area contributed by atoms with E-state index in [1.807, 2.05) is 28.5 Å². The minimum absolute atomic E-state index is 0.0205. The van der Waals surface area contributed by atoms with Crippen LogP contribution in [0.5, 0.6) is 0 Å². The maximum atomic E-state index is 12.0. The van der Waals surface area contributed by atoms with Gasteiger partial charge in [-0.05, 0) is 35.9 Å². The third kappa shape index (κ3) is 3.44. The molecule has 0 spiro atoms. The second-order valence-corrected chi connectivity index (χ2v) is 7.73. The Labute approximate surface area is 166 Å². The van der Waals surface area contributed by atoms with Gasteiger partial charge in [-0.15, -0.1) is 11.3 Å². The summed E-state index contributed by atoms with van der Waals surface area (Å²) in [4.78, 5) is 27.5. The molecule has 3 N–H and O–H groups in total. The Hall–Kier alpha value is -2.62. The average molecular weight is 399 g/mol. The molecule has 1 atom stereocenters. The van der Waals surface area contributed by atoms with Gasteiger partial charge >= 0.3 is 0 Å². The first-order valence-corrected chi connectivity index (χ1v) is 9.86. The molecule has 146 valence electrons. The first-order valence-electron chi connectivity index (χ1n) is 8.98. The Morgan fingerprint density at radius 1 is 1.43 bits per heavy atom. The van der Waals surface area contributed by atoms with E-state index < -0.39 is 5.91 Å². The number of methoxy groups -OCH3 is 1. The van der Waals surface area contributed by atoms with Crippen molar-refractivity contribution in [3.63, 3.8) is 0 Å². The van der Waals surface area contributed by atoms with Crippen molar-refractivity contribution in [2.24, 2.45) is 5.73 Å². The van der Waals surface area contributed by atoms with Crippen LogP contribution in [-0.4, -0.2) is 51.8 Å². The molecule has 1 fully saturated rings. The fourth-order valence-corrected chi connectivity index (χ4v) is 4.37. The van der Waals surface area contributed by atoms with Crippen molar-refractivity contribution in [1.82, 2.24) is 15.0 Å². The van der Waals surface area contributed by atoms with E-state index in [9.17, 15) is 9.90 Å². The number of nitrogens with two attached hydrogens (primary N) is 1. The molecular formula is C19H21N5O3S. The monoisotopic (exact) mass is 399 g/mol. The molecule has 1 unspecified atom stereocenters. The lowest BCUT2D eigenvalue weighted by Gasteiger charge is -2.44. The number of anilines is 1. The molecule has 9 heteroatoms. The summed E-state index contributed by atoms with van der Waals surface area (Å²) in [6.45, 7) is 0.384. The Morgan fingerprint density at radius 3 is 2.89 bits per heavy atom. The zero-order valence-corrected chi connectivity index (χ0v) is 16.2. The van der Waals surface area contributed by atoms with Crippen LogP contribution in [0.15, 0.2) is 36.0 Å². The molecule has 1 amide bonds. The van der Waals surface area contributed by atoms with E-state index in [2.05, 4.69) is 9.97 Å². The van der Waals surface area contributed by atoms with Gasteiger partial charge in [0, 0.05) is 25.5 Å². The molecule has 0 aromatic carbocycles. The van der Waals surface area contributed by atoms with Crippen molar-refractivity contribution in [2.45, 2.75) is 31.0 Å². The van der Waals surface area contributed by atoms with Crippen molar-refractivity contribution in [3.05, 3.63) is 47.2 Å². The summed E-state index contributed by atoms with van der Waals surface area (Å²) in [5.74, 6) is -0.183. The summed E-state index contributed by atoms with van der Waals surface area (Å²) in [5.41, 5.74) is 7.41. The molecule has 0 radical (unpaired) electrons. The second-order valence-electron chi connectivity index (χ2n) is 6.82. The average Bonchev–Trinajstić information content (AvgIpc) is 3.14. The minimum atomic E-state index is -0.589. The van der Waals surface area contributed by atoms with Gasteiger partial charge in [-0.2, -0.15) is 0 Å². The van der Waals surface area contributed by atoms with Gasteiger partial charge in [0.05, 0.1) is 29.0 Å². The molecule has 0 aliphatic heterocycles. The van der Waals surface area contributed by atoms with E-state index in [4.69, 9.17) is 15.5 Å². The highest BCUT2D eigenvalue weighted by Gasteiger charge is 2.38. The van der Waals surface area contributed by atoms with E-state index in [1.54, 1.807) is 19.5 Å². The molecule has 1 aliphatic rings. The minimum Gasteiger partial charge on any atom is -0.393 e. The van der Waals surface area contributed by atoms with E-state index in [1.165, 1.54) is 11.3 Å². The van der Waals surface area contributed by atoms with Crippen molar-refractivity contribution >= 4 is 33.4 Å². The Kier molecular flexibility index (Phi) is 5.21. The van der Waals surface area contributed by atoms with Crippen molar-refractivity contribution < 1.29 is 14.6 Å². The van der Waals surface area contributed by atoms with Crippen LogP contribution in [-0.2, 0) is 4.74 Å². The number of pyridine rings is 1. The number of rotatable bonds is 7. The highest BCUT2D eigenvalue weighted by Crippen LogP contribution is 2.37. The number of carbonyl (C=O) groups excluding carboxylic acids is 1. The van der Waals surface area contributed by atoms with Gasteiger partial charge in [-0.3, -0.25) is 9.78 Å². The molecule has 0 bridgehead atoms. The number of aromatic nitrogens is 3. The van der Waals surface area contributed by atoms with Crippen LogP contribution in [0.3, 0.4) is 0 Å². The number of hydrogen-bond donors (Lipinski definition) is 2. The number of primary amides is 1. The Balaban J connectivity index is 1.84. The summed E-state index contributed by atoms with van der Waals surface area (Å²) < 4.78 is 6.16. The van der Waals surface area contributed by atoms with Crippen LogP contribution in [0.4, 0.5) is 5.95 Å². The highest BCUT2D eigenvalue weighted by atomic mass is 32.1. The zero-order chi connectivity index (χ0) is 19.7. The number of nitrogens with zero attached hydrogens (tertiary/aromatic N) is 4. The zero-order valence-electron chi connectivity index (χ0n) is 15.4. The number of thiophene rings is 1. The number of aliphatic hydroxyl groups excluding tert-OH is 1. The number of fused-ring (bicyclic) bond motifs is 1.